The average Bonchev–Trinajstić information content (AvgIpc) is 2.78. The molecule has 158 valence electrons. The minimum atomic E-state index is -0.191. The van der Waals surface area contributed by atoms with Crippen LogP contribution in [0, 0.1) is 11.3 Å². The summed E-state index contributed by atoms with van der Waals surface area (Å²) >= 11 is 0. The van der Waals surface area contributed by atoms with Crippen LogP contribution in [-0.4, -0.2) is 39.1 Å². The molecule has 30 heavy (non-hydrogen) atoms. The molecule has 0 heterocycles. The number of benzene rings is 2. The van der Waals surface area contributed by atoms with Crippen molar-refractivity contribution in [2.45, 2.75) is 25.7 Å². The van der Waals surface area contributed by atoms with E-state index in [1.54, 1.807) is 25.2 Å². The van der Waals surface area contributed by atoms with Crippen LogP contribution < -0.4 is 19.7 Å². The maximum atomic E-state index is 12.6. The number of methoxy groups -OCH3 is 2. The van der Waals surface area contributed by atoms with E-state index in [1.165, 1.54) is 0 Å². The number of carbonyl (C=O) groups is 2. The maximum absolute atomic E-state index is 12.6. The average molecular weight is 409 g/mol. The Kier molecular flexibility index (Phi) is 9.19. The third kappa shape index (κ3) is 6.82. The normalized spacial score (nSPS) is 10.0. The molecule has 0 saturated carbocycles. The van der Waals surface area contributed by atoms with Gasteiger partial charge in [-0.05, 0) is 30.2 Å². The second-order valence-electron chi connectivity index (χ2n) is 6.57. The van der Waals surface area contributed by atoms with Crippen LogP contribution in [0.3, 0.4) is 0 Å². The van der Waals surface area contributed by atoms with E-state index in [0.717, 1.165) is 11.3 Å². The molecule has 0 fully saturated rings. The highest BCUT2D eigenvalue weighted by Gasteiger charge is 2.16. The Morgan fingerprint density at radius 2 is 1.83 bits per heavy atom. The zero-order chi connectivity index (χ0) is 21.8. The number of amides is 2. The van der Waals surface area contributed by atoms with E-state index in [2.05, 4.69) is 11.4 Å². The van der Waals surface area contributed by atoms with E-state index >= 15 is 0 Å². The van der Waals surface area contributed by atoms with Crippen molar-refractivity contribution in [1.29, 1.82) is 5.26 Å². The fourth-order valence-electron chi connectivity index (χ4n) is 3.01. The number of hydrogen-bond acceptors (Lipinski definition) is 5. The molecular weight excluding hydrogens is 382 g/mol. The lowest BCUT2D eigenvalue weighted by atomic mass is 10.1. The molecule has 0 atom stereocenters. The highest BCUT2D eigenvalue weighted by Crippen LogP contribution is 2.24. The highest BCUT2D eigenvalue weighted by atomic mass is 16.5. The SMILES string of the molecule is COc1ccc(CCNC(=O)CCC(=O)N(CCC#N)c2ccccc2)c(OC)c1. The fourth-order valence-corrected chi connectivity index (χ4v) is 3.01. The van der Waals surface area contributed by atoms with Crippen molar-refractivity contribution in [3.63, 3.8) is 0 Å². The number of para-hydroxylation sites is 1. The van der Waals surface area contributed by atoms with Crippen molar-refractivity contribution in [2.24, 2.45) is 0 Å². The van der Waals surface area contributed by atoms with Crippen molar-refractivity contribution in [2.75, 3.05) is 32.2 Å². The molecule has 7 nitrogen and oxygen atoms in total. The number of anilines is 1. The third-order valence-corrected chi connectivity index (χ3v) is 4.59. The fraction of sp³-hybridized carbons (Fsp3) is 0.348. The topological polar surface area (TPSA) is 91.7 Å². The molecule has 0 aromatic heterocycles. The van der Waals surface area contributed by atoms with Crippen molar-refractivity contribution in [3.05, 3.63) is 54.1 Å². The largest absolute Gasteiger partial charge is 0.497 e. The second kappa shape index (κ2) is 12.1. The summed E-state index contributed by atoms with van der Waals surface area (Å²) in [6.45, 7) is 0.741. The lowest BCUT2D eigenvalue weighted by Gasteiger charge is -2.21. The summed E-state index contributed by atoms with van der Waals surface area (Å²) in [6.07, 6.45) is 1.01. The summed E-state index contributed by atoms with van der Waals surface area (Å²) in [5.41, 5.74) is 1.69. The summed E-state index contributed by atoms with van der Waals surface area (Å²) in [5.74, 6) is 1.04. The molecule has 0 unspecified atom stereocenters. The zero-order valence-electron chi connectivity index (χ0n) is 17.4. The van der Waals surface area contributed by atoms with Crippen molar-refractivity contribution in [1.82, 2.24) is 5.32 Å². The molecule has 0 bridgehead atoms. The minimum Gasteiger partial charge on any atom is -0.497 e. The van der Waals surface area contributed by atoms with E-state index in [4.69, 9.17) is 14.7 Å². The summed E-state index contributed by atoms with van der Waals surface area (Å²) in [5, 5.41) is 11.7. The Bertz CT molecular complexity index is 878. The van der Waals surface area contributed by atoms with Crippen molar-refractivity contribution >= 4 is 17.5 Å². The van der Waals surface area contributed by atoms with Gasteiger partial charge in [-0.2, -0.15) is 5.26 Å². The summed E-state index contributed by atoms with van der Waals surface area (Å²) in [7, 11) is 3.18. The van der Waals surface area contributed by atoms with E-state index in [0.29, 0.717) is 31.0 Å². The zero-order valence-corrected chi connectivity index (χ0v) is 17.4. The van der Waals surface area contributed by atoms with Crippen LogP contribution in [-0.2, 0) is 16.0 Å². The van der Waals surface area contributed by atoms with Crippen molar-refractivity contribution < 1.29 is 19.1 Å². The number of hydrogen-bond donors (Lipinski definition) is 1. The van der Waals surface area contributed by atoms with Gasteiger partial charge < -0.3 is 19.7 Å². The summed E-state index contributed by atoms with van der Waals surface area (Å²) < 4.78 is 10.5. The van der Waals surface area contributed by atoms with Gasteiger partial charge in [0.2, 0.25) is 11.8 Å². The second-order valence-corrected chi connectivity index (χ2v) is 6.57. The van der Waals surface area contributed by atoms with Crippen LogP contribution in [0.4, 0.5) is 5.69 Å². The Labute approximate surface area is 177 Å². The molecule has 2 amide bonds. The third-order valence-electron chi connectivity index (χ3n) is 4.59. The molecule has 0 saturated heterocycles. The molecule has 1 N–H and O–H groups in total. The molecule has 2 aromatic rings. The highest BCUT2D eigenvalue weighted by molar-refractivity contribution is 5.95. The number of carbonyl (C=O) groups excluding carboxylic acids is 2. The first-order valence-electron chi connectivity index (χ1n) is 9.79. The van der Waals surface area contributed by atoms with Gasteiger partial charge in [0.1, 0.15) is 11.5 Å². The van der Waals surface area contributed by atoms with Gasteiger partial charge in [-0.3, -0.25) is 9.59 Å². The van der Waals surface area contributed by atoms with Crippen molar-refractivity contribution in [3.8, 4) is 17.6 Å². The Hall–Kier alpha value is -3.53. The van der Waals surface area contributed by atoms with Gasteiger partial charge in [0.15, 0.2) is 0 Å². The standard InChI is InChI=1S/C23H27N3O4/c1-29-20-10-9-18(21(17-20)30-2)13-15-25-22(27)11-12-23(28)26(16-6-14-24)19-7-4-3-5-8-19/h3-5,7-10,17H,6,11-13,15-16H2,1-2H3,(H,25,27). The number of nitriles is 1. The Morgan fingerprint density at radius 1 is 1.07 bits per heavy atom. The van der Waals surface area contributed by atoms with E-state index in [-0.39, 0.29) is 31.1 Å². The number of nitrogens with one attached hydrogen (secondary N) is 1. The molecule has 2 aromatic carbocycles. The maximum Gasteiger partial charge on any atom is 0.227 e. The Morgan fingerprint density at radius 3 is 2.50 bits per heavy atom. The molecule has 0 aliphatic carbocycles. The number of rotatable bonds is 11. The first kappa shape index (κ1) is 22.8. The molecular formula is C23H27N3O4. The lowest BCUT2D eigenvalue weighted by molar-refractivity contribution is -0.125. The van der Waals surface area contributed by atoms with Gasteiger partial charge in [-0.25, -0.2) is 0 Å². The quantitative estimate of drug-likeness (QED) is 0.616. The number of nitrogens with zero attached hydrogens (tertiary/aromatic N) is 2. The van der Waals surface area contributed by atoms with E-state index in [9.17, 15) is 9.59 Å². The van der Waals surface area contributed by atoms with Crippen LogP contribution in [0.1, 0.15) is 24.8 Å². The molecule has 7 heteroatoms. The first-order chi connectivity index (χ1) is 14.6. The lowest BCUT2D eigenvalue weighted by Crippen LogP contribution is -2.33. The van der Waals surface area contributed by atoms with Crippen LogP contribution in [0.15, 0.2) is 48.5 Å². The summed E-state index contributed by atoms with van der Waals surface area (Å²) in [6, 6.07) is 16.8. The minimum absolute atomic E-state index is 0.0814. The molecule has 0 aliphatic heterocycles. The van der Waals surface area contributed by atoms with E-state index < -0.39 is 0 Å². The van der Waals surface area contributed by atoms with Crippen LogP contribution in [0.25, 0.3) is 0 Å². The van der Waals surface area contributed by atoms with Gasteiger partial charge in [-0.15, -0.1) is 0 Å². The van der Waals surface area contributed by atoms with Gasteiger partial charge in [-0.1, -0.05) is 24.3 Å². The van der Waals surface area contributed by atoms with Gasteiger partial charge in [0, 0.05) is 37.7 Å². The van der Waals surface area contributed by atoms with Crippen LogP contribution in [0.5, 0.6) is 11.5 Å². The van der Waals surface area contributed by atoms with Gasteiger partial charge >= 0.3 is 0 Å². The molecule has 0 spiro atoms. The smallest absolute Gasteiger partial charge is 0.227 e. The van der Waals surface area contributed by atoms with E-state index in [1.807, 2.05) is 42.5 Å². The molecule has 0 aliphatic rings. The molecule has 0 radical (unpaired) electrons. The first-order valence-corrected chi connectivity index (χ1v) is 9.79. The monoisotopic (exact) mass is 409 g/mol. The Balaban J connectivity index is 1.83. The molecule has 2 rings (SSSR count). The predicted molar refractivity (Wildman–Crippen MR) is 115 cm³/mol. The van der Waals surface area contributed by atoms with Gasteiger partial charge in [0.25, 0.3) is 0 Å². The summed E-state index contributed by atoms with van der Waals surface area (Å²) in [4.78, 5) is 26.3. The van der Waals surface area contributed by atoms with Crippen LogP contribution >= 0.6 is 0 Å². The van der Waals surface area contributed by atoms with Crippen LogP contribution in [0.2, 0.25) is 0 Å². The predicted octanol–water partition coefficient (Wildman–Crippen LogP) is 3.09. The van der Waals surface area contributed by atoms with Gasteiger partial charge in [0.05, 0.1) is 26.7 Å². The number of ether oxygens (including phenoxy) is 2.